The number of aromatic nitrogens is 4. The van der Waals surface area contributed by atoms with Crippen molar-refractivity contribution in [1.29, 1.82) is 5.26 Å². The first-order valence-electron chi connectivity index (χ1n) is 9.17. The van der Waals surface area contributed by atoms with Gasteiger partial charge in [0.1, 0.15) is 17.0 Å². The molecule has 1 aliphatic rings. The van der Waals surface area contributed by atoms with Crippen molar-refractivity contribution in [3.63, 3.8) is 0 Å². The Hall–Kier alpha value is -2.38. The average molecular weight is 462 g/mol. The van der Waals surface area contributed by atoms with Gasteiger partial charge in [-0.25, -0.2) is 9.97 Å². The fourth-order valence-corrected chi connectivity index (χ4v) is 4.35. The van der Waals surface area contributed by atoms with E-state index in [1.807, 2.05) is 6.26 Å². The lowest BCUT2D eigenvalue weighted by Gasteiger charge is -2.34. The number of benzene rings is 1. The van der Waals surface area contributed by atoms with Gasteiger partial charge in [0.25, 0.3) is 5.56 Å². The maximum atomic E-state index is 13.3. The highest BCUT2D eigenvalue weighted by Crippen LogP contribution is 2.29. The van der Waals surface area contributed by atoms with Crippen molar-refractivity contribution in [3.05, 3.63) is 44.8 Å². The van der Waals surface area contributed by atoms with E-state index in [0.29, 0.717) is 58.1 Å². The zero-order valence-electron chi connectivity index (χ0n) is 16.0. The molecule has 1 saturated heterocycles. The number of fused-ring (bicyclic) bond motifs is 1. The van der Waals surface area contributed by atoms with E-state index < -0.39 is 5.56 Å². The molecular formula is C19H17Cl2N7OS. The van der Waals surface area contributed by atoms with Gasteiger partial charge in [0, 0.05) is 25.7 Å². The van der Waals surface area contributed by atoms with Gasteiger partial charge in [0.05, 0.1) is 34.1 Å². The van der Waals surface area contributed by atoms with E-state index >= 15 is 0 Å². The molecule has 1 aliphatic heterocycles. The minimum Gasteiger partial charge on any atom is -0.353 e. The molecule has 8 nitrogen and oxygen atoms in total. The second-order valence-electron chi connectivity index (χ2n) is 6.69. The first-order chi connectivity index (χ1) is 14.5. The Morgan fingerprint density at radius 3 is 2.80 bits per heavy atom. The summed E-state index contributed by atoms with van der Waals surface area (Å²) in [4.78, 5) is 24.5. The molecule has 0 amide bonds. The summed E-state index contributed by atoms with van der Waals surface area (Å²) >= 11 is 13.9. The van der Waals surface area contributed by atoms with Gasteiger partial charge in [-0.05, 0) is 18.4 Å². The van der Waals surface area contributed by atoms with Gasteiger partial charge in [0.15, 0.2) is 5.16 Å². The van der Waals surface area contributed by atoms with Gasteiger partial charge in [-0.15, -0.1) is 0 Å². The minimum atomic E-state index is -0.426. The summed E-state index contributed by atoms with van der Waals surface area (Å²) in [6.07, 6.45) is 3.81. The lowest BCUT2D eigenvalue weighted by molar-refractivity contribution is 0.460. The van der Waals surface area contributed by atoms with Crippen molar-refractivity contribution in [2.24, 2.45) is 0 Å². The monoisotopic (exact) mass is 461 g/mol. The largest absolute Gasteiger partial charge is 0.353 e. The van der Waals surface area contributed by atoms with Crippen LogP contribution in [0.15, 0.2) is 34.3 Å². The second-order valence-corrected chi connectivity index (χ2v) is 8.28. The van der Waals surface area contributed by atoms with Gasteiger partial charge in [-0.1, -0.05) is 41.0 Å². The fraction of sp³-hybridized carbons (Fsp3) is 0.316. The summed E-state index contributed by atoms with van der Waals surface area (Å²) < 4.78 is 1.17. The Morgan fingerprint density at radius 1 is 1.33 bits per heavy atom. The van der Waals surface area contributed by atoms with E-state index in [1.165, 1.54) is 16.4 Å². The van der Waals surface area contributed by atoms with Crippen molar-refractivity contribution in [2.45, 2.75) is 17.6 Å². The first-order valence-corrected chi connectivity index (χ1v) is 11.1. The first kappa shape index (κ1) is 20.9. The number of nitriles is 1. The minimum absolute atomic E-state index is 0.0294. The molecule has 0 saturated carbocycles. The smallest absolute Gasteiger partial charge is 0.298 e. The van der Waals surface area contributed by atoms with Crippen LogP contribution in [0.1, 0.15) is 6.42 Å². The Kier molecular flexibility index (Phi) is 6.11. The number of piperazine rings is 1. The summed E-state index contributed by atoms with van der Waals surface area (Å²) in [6.45, 7) is 2.01. The second kappa shape index (κ2) is 8.78. The highest BCUT2D eigenvalue weighted by molar-refractivity contribution is 7.98. The van der Waals surface area contributed by atoms with Crippen LogP contribution >= 0.6 is 35.0 Å². The summed E-state index contributed by atoms with van der Waals surface area (Å²) in [7, 11) is 0. The summed E-state index contributed by atoms with van der Waals surface area (Å²) in [5.74, 6) is 0.635. The molecule has 0 spiro atoms. The fourth-order valence-electron chi connectivity index (χ4n) is 3.44. The maximum absolute atomic E-state index is 13.3. The average Bonchev–Trinajstić information content (AvgIpc) is 2.75. The summed E-state index contributed by atoms with van der Waals surface area (Å²) in [5.41, 5.74) is 0.130. The SMILES string of the molecule is CSc1nc(N2CCNC(CC#N)C2)c2cnn(-c3c(Cl)cccc3Cl)c(=O)c2n1. The highest BCUT2D eigenvalue weighted by atomic mass is 35.5. The molecule has 3 heterocycles. The molecule has 154 valence electrons. The van der Waals surface area contributed by atoms with Crippen molar-refractivity contribution < 1.29 is 0 Å². The van der Waals surface area contributed by atoms with Crippen LogP contribution in [0.25, 0.3) is 16.6 Å². The van der Waals surface area contributed by atoms with Crippen LogP contribution in [-0.2, 0) is 0 Å². The highest BCUT2D eigenvalue weighted by Gasteiger charge is 2.24. The molecule has 4 rings (SSSR count). The van der Waals surface area contributed by atoms with Crippen LogP contribution < -0.4 is 15.8 Å². The third-order valence-electron chi connectivity index (χ3n) is 4.83. The standard InChI is InChI=1S/C19H17Cl2N7OS/c1-30-19-25-15-12(17(26-19)27-8-7-23-11(10-27)5-6-22)9-24-28(18(15)29)16-13(20)3-2-4-14(16)21/h2-4,9,11,23H,5,7-8,10H2,1H3. The number of nitrogens with zero attached hydrogens (tertiary/aromatic N) is 6. The van der Waals surface area contributed by atoms with Crippen LogP contribution in [-0.4, -0.2) is 51.7 Å². The van der Waals surface area contributed by atoms with Crippen LogP contribution in [0.3, 0.4) is 0 Å². The zero-order valence-corrected chi connectivity index (χ0v) is 18.3. The molecule has 1 fully saturated rings. The van der Waals surface area contributed by atoms with Gasteiger partial charge < -0.3 is 10.2 Å². The van der Waals surface area contributed by atoms with E-state index in [4.69, 9.17) is 28.5 Å². The molecule has 3 aromatic rings. The number of thioether (sulfide) groups is 1. The Labute approximate surface area is 186 Å². The van der Waals surface area contributed by atoms with Crippen LogP contribution in [0, 0.1) is 11.3 Å². The number of halogens is 2. The molecule has 1 atom stereocenters. The van der Waals surface area contributed by atoms with Crippen molar-refractivity contribution >= 4 is 51.7 Å². The predicted octanol–water partition coefficient (Wildman–Crippen LogP) is 2.90. The molecule has 2 aromatic heterocycles. The van der Waals surface area contributed by atoms with Crippen LogP contribution in [0.2, 0.25) is 10.0 Å². The van der Waals surface area contributed by atoms with E-state index in [9.17, 15) is 4.79 Å². The third kappa shape index (κ3) is 3.84. The van der Waals surface area contributed by atoms with Gasteiger partial charge >= 0.3 is 0 Å². The molecular weight excluding hydrogens is 445 g/mol. The Bertz CT molecular complexity index is 1190. The third-order valence-corrected chi connectivity index (χ3v) is 5.98. The van der Waals surface area contributed by atoms with Gasteiger partial charge in [0.2, 0.25) is 0 Å². The number of hydrogen-bond acceptors (Lipinski definition) is 8. The number of nitrogens with one attached hydrogen (secondary N) is 1. The molecule has 11 heteroatoms. The van der Waals surface area contributed by atoms with E-state index in [2.05, 4.69) is 31.4 Å². The Balaban J connectivity index is 1.89. The topological polar surface area (TPSA) is 99.7 Å². The van der Waals surface area contributed by atoms with Gasteiger partial charge in [-0.2, -0.15) is 15.0 Å². The predicted molar refractivity (Wildman–Crippen MR) is 119 cm³/mol. The lowest BCUT2D eigenvalue weighted by Crippen LogP contribution is -2.51. The van der Waals surface area contributed by atoms with Crippen LogP contribution in [0.4, 0.5) is 5.82 Å². The molecule has 0 aliphatic carbocycles. The van der Waals surface area contributed by atoms with Crippen molar-refractivity contribution in [3.8, 4) is 11.8 Å². The van der Waals surface area contributed by atoms with E-state index in [1.54, 1.807) is 24.4 Å². The number of anilines is 1. The zero-order chi connectivity index (χ0) is 21.3. The van der Waals surface area contributed by atoms with Crippen LogP contribution in [0.5, 0.6) is 0 Å². The summed E-state index contributed by atoms with van der Waals surface area (Å²) in [6, 6.07) is 7.23. The Morgan fingerprint density at radius 2 is 2.10 bits per heavy atom. The molecule has 30 heavy (non-hydrogen) atoms. The normalized spacial score (nSPS) is 16.6. The number of hydrogen-bond donors (Lipinski definition) is 1. The molecule has 1 aromatic carbocycles. The molecule has 1 N–H and O–H groups in total. The van der Waals surface area contributed by atoms with Crippen molar-refractivity contribution in [1.82, 2.24) is 25.1 Å². The molecule has 0 radical (unpaired) electrons. The lowest BCUT2D eigenvalue weighted by atomic mass is 10.1. The van der Waals surface area contributed by atoms with Crippen molar-refractivity contribution in [2.75, 3.05) is 30.8 Å². The van der Waals surface area contributed by atoms with E-state index in [-0.39, 0.29) is 11.6 Å². The van der Waals surface area contributed by atoms with E-state index in [0.717, 1.165) is 0 Å². The van der Waals surface area contributed by atoms with Gasteiger partial charge in [-0.3, -0.25) is 4.79 Å². The molecule has 0 bridgehead atoms. The molecule has 1 unspecified atom stereocenters. The maximum Gasteiger partial charge on any atom is 0.298 e. The number of rotatable bonds is 4. The summed E-state index contributed by atoms with van der Waals surface area (Å²) in [5, 5.41) is 18.3. The number of para-hydroxylation sites is 1. The quantitative estimate of drug-likeness (QED) is 0.467.